The van der Waals surface area contributed by atoms with Gasteiger partial charge in [-0.2, -0.15) is 10.4 Å². The van der Waals surface area contributed by atoms with E-state index in [-0.39, 0.29) is 5.91 Å². The summed E-state index contributed by atoms with van der Waals surface area (Å²) >= 11 is 0. The number of rotatable bonds is 2. The summed E-state index contributed by atoms with van der Waals surface area (Å²) in [6.07, 6.45) is 1.48. The Kier molecular flexibility index (Phi) is 2.33. The van der Waals surface area contributed by atoms with Crippen LogP contribution in [0, 0.1) is 11.3 Å². The number of aromatic amines is 1. The van der Waals surface area contributed by atoms with Gasteiger partial charge < -0.3 is 5.32 Å². The van der Waals surface area contributed by atoms with E-state index < -0.39 is 5.54 Å². The maximum Gasteiger partial charge on any atom is 0.270 e. The van der Waals surface area contributed by atoms with E-state index in [4.69, 9.17) is 5.26 Å². The van der Waals surface area contributed by atoms with Crippen LogP contribution in [0.2, 0.25) is 0 Å². The van der Waals surface area contributed by atoms with Gasteiger partial charge in [-0.05, 0) is 19.9 Å². The minimum Gasteiger partial charge on any atom is -0.333 e. The summed E-state index contributed by atoms with van der Waals surface area (Å²) in [6.45, 7) is 3.25. The molecule has 1 rings (SSSR count). The first kappa shape index (κ1) is 9.26. The van der Waals surface area contributed by atoms with Gasteiger partial charge in [-0.25, -0.2) is 0 Å². The summed E-state index contributed by atoms with van der Waals surface area (Å²) in [5.41, 5.74) is -0.509. The van der Waals surface area contributed by atoms with Crippen LogP contribution in [0.4, 0.5) is 0 Å². The molecule has 0 fully saturated rings. The highest BCUT2D eigenvalue weighted by atomic mass is 16.2. The van der Waals surface area contributed by atoms with E-state index in [0.29, 0.717) is 5.69 Å². The third-order valence-corrected chi connectivity index (χ3v) is 1.45. The van der Waals surface area contributed by atoms with E-state index >= 15 is 0 Å². The summed E-state index contributed by atoms with van der Waals surface area (Å²) in [6, 6.07) is 3.51. The van der Waals surface area contributed by atoms with Crippen molar-refractivity contribution in [3.8, 4) is 6.07 Å². The average molecular weight is 178 g/mol. The molecule has 0 saturated heterocycles. The highest BCUT2D eigenvalue weighted by Gasteiger charge is 2.20. The van der Waals surface area contributed by atoms with Gasteiger partial charge in [0, 0.05) is 6.20 Å². The Labute approximate surface area is 75.8 Å². The lowest BCUT2D eigenvalue weighted by atomic mass is 10.1. The number of hydrogen-bond donors (Lipinski definition) is 2. The topological polar surface area (TPSA) is 81.6 Å². The third-order valence-electron chi connectivity index (χ3n) is 1.45. The molecule has 13 heavy (non-hydrogen) atoms. The van der Waals surface area contributed by atoms with E-state index in [9.17, 15) is 4.79 Å². The molecule has 0 aliphatic rings. The largest absolute Gasteiger partial charge is 0.333 e. The van der Waals surface area contributed by atoms with Crippen molar-refractivity contribution in [3.05, 3.63) is 18.0 Å². The molecular weight excluding hydrogens is 168 g/mol. The first-order valence-electron chi connectivity index (χ1n) is 3.78. The monoisotopic (exact) mass is 178 g/mol. The van der Waals surface area contributed by atoms with Gasteiger partial charge in [-0.3, -0.25) is 9.89 Å². The van der Waals surface area contributed by atoms with Crippen molar-refractivity contribution in [1.29, 1.82) is 5.26 Å². The fourth-order valence-electron chi connectivity index (χ4n) is 0.761. The Bertz CT molecular complexity index is 334. The Morgan fingerprint density at radius 3 is 2.92 bits per heavy atom. The second-order valence-corrected chi connectivity index (χ2v) is 3.16. The molecule has 0 radical (unpaired) electrons. The molecule has 0 atom stereocenters. The van der Waals surface area contributed by atoms with Gasteiger partial charge in [0.25, 0.3) is 5.91 Å². The minimum absolute atomic E-state index is 0.330. The highest BCUT2D eigenvalue weighted by molar-refractivity contribution is 5.92. The summed E-state index contributed by atoms with van der Waals surface area (Å²) in [7, 11) is 0. The highest BCUT2D eigenvalue weighted by Crippen LogP contribution is 2.01. The Balaban J connectivity index is 2.68. The quantitative estimate of drug-likeness (QED) is 0.689. The van der Waals surface area contributed by atoms with Crippen molar-refractivity contribution >= 4 is 5.91 Å². The van der Waals surface area contributed by atoms with Crippen LogP contribution < -0.4 is 5.32 Å². The smallest absolute Gasteiger partial charge is 0.270 e. The fraction of sp³-hybridized carbons (Fsp3) is 0.375. The molecule has 0 aromatic carbocycles. The first-order valence-corrected chi connectivity index (χ1v) is 3.78. The van der Waals surface area contributed by atoms with Crippen LogP contribution >= 0.6 is 0 Å². The van der Waals surface area contributed by atoms with Crippen molar-refractivity contribution in [3.63, 3.8) is 0 Å². The fourth-order valence-corrected chi connectivity index (χ4v) is 0.761. The molecule has 0 aliphatic carbocycles. The van der Waals surface area contributed by atoms with E-state index in [2.05, 4.69) is 15.5 Å². The zero-order valence-electron chi connectivity index (χ0n) is 7.46. The number of carbonyl (C=O) groups is 1. The molecule has 1 heterocycles. The molecule has 2 N–H and O–H groups in total. The van der Waals surface area contributed by atoms with Crippen LogP contribution in [0.25, 0.3) is 0 Å². The van der Waals surface area contributed by atoms with Crippen molar-refractivity contribution in [2.45, 2.75) is 19.4 Å². The summed E-state index contributed by atoms with van der Waals surface area (Å²) in [4.78, 5) is 11.3. The van der Waals surface area contributed by atoms with Gasteiger partial charge in [-0.15, -0.1) is 0 Å². The van der Waals surface area contributed by atoms with Crippen LogP contribution in [-0.4, -0.2) is 21.6 Å². The third kappa shape index (κ3) is 2.30. The molecule has 0 unspecified atom stereocenters. The Morgan fingerprint density at radius 1 is 1.77 bits per heavy atom. The molecular formula is C8H10N4O. The number of nitrogens with zero attached hydrogens (tertiary/aromatic N) is 2. The number of H-pyrrole nitrogens is 1. The number of amides is 1. The van der Waals surface area contributed by atoms with Crippen molar-refractivity contribution in [1.82, 2.24) is 15.5 Å². The molecule has 1 aromatic heterocycles. The second-order valence-electron chi connectivity index (χ2n) is 3.16. The molecule has 5 nitrogen and oxygen atoms in total. The number of aromatic nitrogens is 2. The van der Waals surface area contributed by atoms with Crippen molar-refractivity contribution in [2.24, 2.45) is 0 Å². The van der Waals surface area contributed by atoms with Gasteiger partial charge >= 0.3 is 0 Å². The molecule has 5 heteroatoms. The lowest BCUT2D eigenvalue weighted by molar-refractivity contribution is 0.0924. The Morgan fingerprint density at radius 2 is 2.46 bits per heavy atom. The maximum absolute atomic E-state index is 11.3. The molecule has 1 amide bonds. The van der Waals surface area contributed by atoms with Gasteiger partial charge in [0.1, 0.15) is 11.2 Å². The zero-order chi connectivity index (χ0) is 9.90. The Hall–Kier alpha value is -1.83. The van der Waals surface area contributed by atoms with Crippen LogP contribution in [0.15, 0.2) is 12.3 Å². The molecule has 1 aromatic rings. The van der Waals surface area contributed by atoms with Gasteiger partial charge in [0.15, 0.2) is 0 Å². The molecule has 0 bridgehead atoms. The van der Waals surface area contributed by atoms with Crippen molar-refractivity contribution in [2.75, 3.05) is 0 Å². The average Bonchev–Trinajstić information content (AvgIpc) is 2.55. The number of nitriles is 1. The summed E-state index contributed by atoms with van der Waals surface area (Å²) in [5.74, 6) is -0.330. The second kappa shape index (κ2) is 3.27. The molecule has 68 valence electrons. The van der Waals surface area contributed by atoms with Gasteiger partial charge in [-0.1, -0.05) is 0 Å². The number of carbonyl (C=O) groups excluding carboxylic acids is 1. The maximum atomic E-state index is 11.3. The summed E-state index contributed by atoms with van der Waals surface area (Å²) in [5, 5.41) is 17.3. The van der Waals surface area contributed by atoms with Crippen LogP contribution in [-0.2, 0) is 0 Å². The normalized spacial score (nSPS) is 10.5. The lowest BCUT2D eigenvalue weighted by Gasteiger charge is -2.16. The van der Waals surface area contributed by atoms with Gasteiger partial charge in [0.05, 0.1) is 6.07 Å². The lowest BCUT2D eigenvalue weighted by Crippen LogP contribution is -2.42. The van der Waals surface area contributed by atoms with E-state index in [1.165, 1.54) is 6.20 Å². The van der Waals surface area contributed by atoms with E-state index in [1.54, 1.807) is 19.9 Å². The number of nitrogens with one attached hydrogen (secondary N) is 2. The predicted molar refractivity (Wildman–Crippen MR) is 45.7 cm³/mol. The SMILES string of the molecule is CC(C)(C#N)NC(=O)c1ccn[nH]1. The van der Waals surface area contributed by atoms with E-state index in [1.807, 2.05) is 6.07 Å². The predicted octanol–water partition coefficient (Wildman–Crippen LogP) is 0.442. The molecule has 0 aliphatic heterocycles. The number of hydrogen-bond acceptors (Lipinski definition) is 3. The molecule has 0 spiro atoms. The molecule has 0 saturated carbocycles. The van der Waals surface area contributed by atoms with Crippen LogP contribution in [0.1, 0.15) is 24.3 Å². The van der Waals surface area contributed by atoms with Crippen molar-refractivity contribution < 1.29 is 4.79 Å². The standard InChI is InChI=1S/C8H10N4O/c1-8(2,5-9)11-7(13)6-3-4-10-12-6/h3-4H,1-2H3,(H,10,12)(H,11,13). The zero-order valence-corrected chi connectivity index (χ0v) is 7.46. The van der Waals surface area contributed by atoms with Crippen LogP contribution in [0.3, 0.4) is 0 Å². The van der Waals surface area contributed by atoms with E-state index in [0.717, 1.165) is 0 Å². The van der Waals surface area contributed by atoms with Gasteiger partial charge in [0.2, 0.25) is 0 Å². The minimum atomic E-state index is -0.859. The summed E-state index contributed by atoms with van der Waals surface area (Å²) < 4.78 is 0. The first-order chi connectivity index (χ1) is 6.05. The van der Waals surface area contributed by atoms with Crippen LogP contribution in [0.5, 0.6) is 0 Å².